The zero-order valence-electron chi connectivity index (χ0n) is 15.5. The zero-order chi connectivity index (χ0) is 19.3. The molecule has 142 valence electrons. The molecule has 1 aromatic heterocycles. The van der Waals surface area contributed by atoms with Gasteiger partial charge < -0.3 is 9.64 Å². The molecule has 4 rings (SSSR count). The van der Waals surface area contributed by atoms with Gasteiger partial charge >= 0.3 is 5.97 Å². The molecule has 0 spiro atoms. The fourth-order valence-corrected chi connectivity index (χ4v) is 3.26. The first kappa shape index (κ1) is 18.0. The highest BCUT2D eigenvalue weighted by Gasteiger charge is 2.21. The summed E-state index contributed by atoms with van der Waals surface area (Å²) in [7, 11) is 0. The third-order valence-corrected chi connectivity index (χ3v) is 4.77. The minimum Gasteiger partial charge on any atom is -0.461 e. The summed E-state index contributed by atoms with van der Waals surface area (Å²) < 4.78 is 7.16. The summed E-state index contributed by atoms with van der Waals surface area (Å²) in [6, 6.07) is 17.1. The standard InChI is InChI=1S/C22H21N3O3/c26-21-3-1-13-24(21)19-8-4-17(5-9-19)15-22(27)28-16-18-6-10-20(11-7-18)25-14-2-12-23-25/h2,4-12,14H,1,3,13,15-16H2. The van der Waals surface area contributed by atoms with Crippen LogP contribution >= 0.6 is 0 Å². The lowest BCUT2D eigenvalue weighted by Crippen LogP contribution is -2.23. The molecular formula is C22H21N3O3. The number of carbonyl (C=O) groups excluding carboxylic acids is 2. The Bertz CT molecular complexity index is 948. The summed E-state index contributed by atoms with van der Waals surface area (Å²) in [5.41, 5.74) is 3.63. The van der Waals surface area contributed by atoms with Gasteiger partial charge in [-0.2, -0.15) is 5.10 Å². The molecule has 0 unspecified atom stereocenters. The Hall–Kier alpha value is -3.41. The lowest BCUT2D eigenvalue weighted by Gasteiger charge is -2.15. The number of hydrogen-bond donors (Lipinski definition) is 0. The van der Waals surface area contributed by atoms with Crippen molar-refractivity contribution in [2.45, 2.75) is 25.9 Å². The van der Waals surface area contributed by atoms with Crippen molar-refractivity contribution in [3.05, 3.63) is 78.1 Å². The van der Waals surface area contributed by atoms with Crippen molar-refractivity contribution in [2.24, 2.45) is 0 Å². The molecular weight excluding hydrogens is 354 g/mol. The Morgan fingerprint density at radius 3 is 2.36 bits per heavy atom. The van der Waals surface area contributed by atoms with Crippen molar-refractivity contribution in [3.8, 4) is 5.69 Å². The number of anilines is 1. The van der Waals surface area contributed by atoms with E-state index < -0.39 is 0 Å². The highest BCUT2D eigenvalue weighted by Crippen LogP contribution is 2.21. The van der Waals surface area contributed by atoms with Gasteiger partial charge in [0.15, 0.2) is 0 Å². The van der Waals surface area contributed by atoms with E-state index in [9.17, 15) is 9.59 Å². The molecule has 6 nitrogen and oxygen atoms in total. The summed E-state index contributed by atoms with van der Waals surface area (Å²) in [5.74, 6) is -0.119. The van der Waals surface area contributed by atoms with Crippen LogP contribution in [0.1, 0.15) is 24.0 Å². The van der Waals surface area contributed by atoms with Crippen molar-refractivity contribution in [1.29, 1.82) is 0 Å². The Balaban J connectivity index is 1.29. The average molecular weight is 375 g/mol. The van der Waals surface area contributed by atoms with Crippen molar-refractivity contribution in [2.75, 3.05) is 11.4 Å². The summed E-state index contributed by atoms with van der Waals surface area (Å²) in [6.45, 7) is 0.998. The lowest BCUT2D eigenvalue weighted by atomic mass is 10.1. The van der Waals surface area contributed by atoms with E-state index in [0.29, 0.717) is 6.42 Å². The molecule has 1 saturated heterocycles. The van der Waals surface area contributed by atoms with Crippen LogP contribution in [-0.2, 0) is 27.4 Å². The third kappa shape index (κ3) is 4.11. The molecule has 0 bridgehead atoms. The zero-order valence-corrected chi connectivity index (χ0v) is 15.5. The molecule has 0 N–H and O–H groups in total. The van der Waals surface area contributed by atoms with Crippen molar-refractivity contribution in [1.82, 2.24) is 9.78 Å². The van der Waals surface area contributed by atoms with Gasteiger partial charge in [-0.1, -0.05) is 24.3 Å². The van der Waals surface area contributed by atoms with Gasteiger partial charge in [0.25, 0.3) is 0 Å². The van der Waals surface area contributed by atoms with Crippen LogP contribution in [0, 0.1) is 0 Å². The molecule has 1 aliphatic rings. The van der Waals surface area contributed by atoms with Gasteiger partial charge in [-0.15, -0.1) is 0 Å². The van der Waals surface area contributed by atoms with Crippen molar-refractivity contribution >= 4 is 17.6 Å². The van der Waals surface area contributed by atoms with Gasteiger partial charge in [-0.05, 0) is 47.9 Å². The largest absolute Gasteiger partial charge is 0.461 e. The summed E-state index contributed by atoms with van der Waals surface area (Å²) in [5, 5.41) is 4.18. The molecule has 0 aliphatic carbocycles. The molecule has 1 aliphatic heterocycles. The van der Waals surface area contributed by atoms with Gasteiger partial charge in [-0.25, -0.2) is 4.68 Å². The van der Waals surface area contributed by atoms with E-state index in [1.54, 1.807) is 15.8 Å². The van der Waals surface area contributed by atoms with Gasteiger partial charge in [0, 0.05) is 31.0 Å². The van der Waals surface area contributed by atoms with E-state index in [-0.39, 0.29) is 24.9 Å². The number of ether oxygens (including phenoxy) is 1. The van der Waals surface area contributed by atoms with Crippen LogP contribution < -0.4 is 4.90 Å². The van der Waals surface area contributed by atoms with E-state index in [2.05, 4.69) is 5.10 Å². The number of hydrogen-bond acceptors (Lipinski definition) is 4. The molecule has 0 atom stereocenters. The Labute approximate surface area is 163 Å². The number of rotatable bonds is 6. The van der Waals surface area contributed by atoms with Crippen LogP contribution in [0.2, 0.25) is 0 Å². The fraction of sp³-hybridized carbons (Fsp3) is 0.227. The maximum Gasteiger partial charge on any atom is 0.310 e. The van der Waals surface area contributed by atoms with E-state index >= 15 is 0 Å². The molecule has 0 saturated carbocycles. The Morgan fingerprint density at radius 1 is 1.00 bits per heavy atom. The van der Waals surface area contributed by atoms with Gasteiger partial charge in [0.05, 0.1) is 12.1 Å². The Morgan fingerprint density at radius 2 is 1.71 bits per heavy atom. The number of amides is 1. The predicted molar refractivity (Wildman–Crippen MR) is 105 cm³/mol. The molecule has 1 amide bonds. The number of benzene rings is 2. The molecule has 0 radical (unpaired) electrons. The highest BCUT2D eigenvalue weighted by molar-refractivity contribution is 5.95. The smallest absolute Gasteiger partial charge is 0.310 e. The normalized spacial score (nSPS) is 13.7. The van der Waals surface area contributed by atoms with Crippen molar-refractivity contribution in [3.63, 3.8) is 0 Å². The topological polar surface area (TPSA) is 64.4 Å². The van der Waals surface area contributed by atoms with Crippen molar-refractivity contribution < 1.29 is 14.3 Å². The van der Waals surface area contributed by atoms with E-state index in [1.165, 1.54) is 0 Å². The molecule has 1 fully saturated rings. The predicted octanol–water partition coefficient (Wildman–Crippen LogP) is 3.29. The van der Waals surface area contributed by atoms with Crippen LogP contribution in [-0.4, -0.2) is 28.2 Å². The second-order valence-electron chi connectivity index (χ2n) is 6.77. The van der Waals surface area contributed by atoms with E-state index in [4.69, 9.17) is 4.74 Å². The Kier molecular flexibility index (Phi) is 5.19. The molecule has 28 heavy (non-hydrogen) atoms. The average Bonchev–Trinajstić information content (AvgIpc) is 3.39. The monoisotopic (exact) mass is 375 g/mol. The maximum absolute atomic E-state index is 12.1. The molecule has 6 heteroatoms. The quantitative estimate of drug-likeness (QED) is 0.620. The van der Waals surface area contributed by atoms with E-state index in [1.807, 2.05) is 60.8 Å². The maximum atomic E-state index is 12.1. The van der Waals surface area contributed by atoms with Crippen LogP contribution in [0.5, 0.6) is 0 Å². The van der Waals surface area contributed by atoms with Gasteiger partial charge in [-0.3, -0.25) is 9.59 Å². The fourth-order valence-electron chi connectivity index (χ4n) is 3.26. The second kappa shape index (κ2) is 8.08. The number of esters is 1. The summed E-state index contributed by atoms with van der Waals surface area (Å²) >= 11 is 0. The number of carbonyl (C=O) groups is 2. The first-order valence-electron chi connectivity index (χ1n) is 9.33. The summed E-state index contributed by atoms with van der Waals surface area (Å²) in [6.07, 6.45) is 5.32. The SMILES string of the molecule is O=C(Cc1ccc(N2CCCC2=O)cc1)OCc1ccc(-n2cccn2)cc1. The number of aromatic nitrogens is 2. The van der Waals surface area contributed by atoms with Crippen LogP contribution in [0.25, 0.3) is 5.69 Å². The first-order valence-corrected chi connectivity index (χ1v) is 9.33. The third-order valence-electron chi connectivity index (χ3n) is 4.77. The van der Waals surface area contributed by atoms with E-state index in [0.717, 1.165) is 35.5 Å². The van der Waals surface area contributed by atoms with Gasteiger partial charge in [0.1, 0.15) is 6.61 Å². The highest BCUT2D eigenvalue weighted by atomic mass is 16.5. The first-order chi connectivity index (χ1) is 13.7. The summed E-state index contributed by atoms with van der Waals surface area (Å²) in [4.78, 5) is 25.7. The van der Waals surface area contributed by atoms with Crippen LogP contribution in [0.4, 0.5) is 5.69 Å². The van der Waals surface area contributed by atoms with Crippen LogP contribution in [0.15, 0.2) is 67.0 Å². The lowest BCUT2D eigenvalue weighted by molar-refractivity contribution is -0.144. The van der Waals surface area contributed by atoms with Crippen LogP contribution in [0.3, 0.4) is 0 Å². The molecule has 3 aromatic rings. The molecule has 2 aromatic carbocycles. The number of nitrogens with zero attached hydrogens (tertiary/aromatic N) is 3. The molecule has 2 heterocycles. The minimum atomic E-state index is -0.277. The second-order valence-corrected chi connectivity index (χ2v) is 6.77. The minimum absolute atomic E-state index is 0.158. The van der Waals surface area contributed by atoms with Gasteiger partial charge in [0.2, 0.25) is 5.91 Å².